The Hall–Kier alpha value is -6.53. The molecule has 0 fully saturated rings. The number of pyridine rings is 1. The molecule has 0 bridgehead atoms. The molecule has 9 rings (SSSR count). The van der Waals surface area contributed by atoms with Crippen molar-refractivity contribution in [3.63, 3.8) is 0 Å². The summed E-state index contributed by atoms with van der Waals surface area (Å²) in [6.07, 6.45) is 0. The molecule has 2 aromatic heterocycles. The maximum atomic E-state index is 13.2. The summed E-state index contributed by atoms with van der Waals surface area (Å²) in [5, 5.41) is 5.67. The van der Waals surface area contributed by atoms with Crippen molar-refractivity contribution in [1.82, 2.24) is 14.7 Å². The third-order valence-corrected chi connectivity index (χ3v) is 8.90. The lowest BCUT2D eigenvalue weighted by Crippen LogP contribution is -2.17. The number of aromatic nitrogens is 3. The van der Waals surface area contributed by atoms with Crippen molar-refractivity contribution in [1.29, 1.82) is 0 Å². The number of para-hydroxylation sites is 4. The van der Waals surface area contributed by atoms with Crippen LogP contribution in [0.5, 0.6) is 0 Å². The van der Waals surface area contributed by atoms with Gasteiger partial charge in [0, 0.05) is 44.4 Å². The summed E-state index contributed by atoms with van der Waals surface area (Å²) >= 11 is 0. The van der Waals surface area contributed by atoms with Crippen molar-refractivity contribution in [2.45, 2.75) is 0 Å². The minimum absolute atomic E-state index is 0.0351. The fraction of sp³-hybridized carbons (Fsp3) is 0. The molecule has 0 saturated heterocycles. The molecule has 1 aliphatic heterocycles. The van der Waals surface area contributed by atoms with Crippen molar-refractivity contribution in [3.8, 4) is 28.5 Å². The van der Waals surface area contributed by atoms with Gasteiger partial charge in [0.15, 0.2) is 5.43 Å². The Bertz CT molecular complexity index is 2450. The van der Waals surface area contributed by atoms with Crippen LogP contribution in [0.3, 0.4) is 0 Å². The molecule has 222 valence electrons. The molecule has 0 amide bonds. The molecule has 0 unspecified atom stereocenters. The maximum absolute atomic E-state index is 13.2. The average Bonchev–Trinajstić information content (AvgIpc) is 3.63. The molecule has 8 aromatic rings. The highest BCUT2D eigenvalue weighted by Gasteiger charge is 2.26. The number of fused-ring (bicyclic) bond motifs is 4. The summed E-state index contributed by atoms with van der Waals surface area (Å²) in [6.45, 7) is 4.39. The largest absolute Gasteiger partial charge is 0.334 e. The second kappa shape index (κ2) is 10.5. The smallest absolute Gasteiger partial charge is 0.258 e. The number of benzene rings is 6. The van der Waals surface area contributed by atoms with E-state index in [1.807, 2.05) is 97.1 Å². The third kappa shape index (κ3) is 4.23. The third-order valence-electron chi connectivity index (χ3n) is 8.90. The van der Waals surface area contributed by atoms with Crippen LogP contribution in [-0.2, 0) is 0 Å². The van der Waals surface area contributed by atoms with E-state index in [1.165, 1.54) is 0 Å². The van der Waals surface area contributed by atoms with Crippen molar-refractivity contribution in [2.24, 2.45) is 0 Å². The molecular weight excluding hydrogens is 580 g/mol. The van der Waals surface area contributed by atoms with E-state index in [9.17, 15) is 4.79 Å². The van der Waals surface area contributed by atoms with Gasteiger partial charge in [-0.1, -0.05) is 72.4 Å². The van der Waals surface area contributed by atoms with E-state index in [1.54, 1.807) is 0 Å². The van der Waals surface area contributed by atoms with Gasteiger partial charge in [0.1, 0.15) is 0 Å². The standard InChI is InChI=1S/C41H26N4O2/c1-26-31-10-2-6-14-35(31)44(36-15-7-3-11-32(26)36)30-24-20-28(21-25-30)41-42-40(43-47-41)27-18-22-29(23-19-27)45-37-16-8-4-12-33(37)39(46)34-13-5-9-17-38(34)45/h2-25H,1H2. The van der Waals surface area contributed by atoms with Gasteiger partial charge in [-0.3, -0.25) is 4.79 Å². The molecule has 6 nitrogen and oxygen atoms in total. The van der Waals surface area contributed by atoms with Crippen LogP contribution in [0.4, 0.5) is 17.1 Å². The Morgan fingerprint density at radius 1 is 0.553 bits per heavy atom. The Morgan fingerprint density at radius 3 is 1.68 bits per heavy atom. The first-order chi connectivity index (χ1) is 23.2. The van der Waals surface area contributed by atoms with Gasteiger partial charge in [-0.15, -0.1) is 0 Å². The van der Waals surface area contributed by atoms with Crippen LogP contribution in [-0.4, -0.2) is 14.7 Å². The van der Waals surface area contributed by atoms with Crippen LogP contribution < -0.4 is 10.3 Å². The molecule has 6 heteroatoms. The van der Waals surface area contributed by atoms with E-state index >= 15 is 0 Å². The Labute approximate surface area is 270 Å². The van der Waals surface area contributed by atoms with Gasteiger partial charge in [-0.2, -0.15) is 4.98 Å². The van der Waals surface area contributed by atoms with Gasteiger partial charge < -0.3 is 14.0 Å². The highest BCUT2D eigenvalue weighted by molar-refractivity contribution is 6.00. The monoisotopic (exact) mass is 606 g/mol. The molecule has 6 aromatic carbocycles. The SMILES string of the molecule is C=C1c2ccccc2N(c2ccc(-c3nc(-c4ccc(-n5c6ccccc6c(=O)c6ccccc65)cc4)no3)cc2)c2ccccc21. The quantitative estimate of drug-likeness (QED) is 0.187. The second-order valence-corrected chi connectivity index (χ2v) is 11.6. The van der Waals surface area contributed by atoms with E-state index in [4.69, 9.17) is 9.51 Å². The number of hydrogen-bond donors (Lipinski definition) is 0. The van der Waals surface area contributed by atoms with Crippen LogP contribution in [0, 0.1) is 0 Å². The number of anilines is 3. The zero-order valence-corrected chi connectivity index (χ0v) is 25.2. The average molecular weight is 607 g/mol. The fourth-order valence-electron chi connectivity index (χ4n) is 6.65. The van der Waals surface area contributed by atoms with E-state index in [0.717, 1.165) is 61.6 Å². The first-order valence-corrected chi connectivity index (χ1v) is 15.4. The Balaban J connectivity index is 1.04. The molecule has 3 heterocycles. The molecule has 0 N–H and O–H groups in total. The summed E-state index contributed by atoms with van der Waals surface area (Å²) < 4.78 is 7.85. The van der Waals surface area contributed by atoms with Crippen LogP contribution in [0.1, 0.15) is 11.1 Å². The van der Waals surface area contributed by atoms with Crippen LogP contribution in [0.15, 0.2) is 161 Å². The summed E-state index contributed by atoms with van der Waals surface area (Å²) in [5.74, 6) is 0.948. The van der Waals surface area contributed by atoms with Crippen molar-refractivity contribution >= 4 is 44.4 Å². The first-order valence-electron chi connectivity index (χ1n) is 15.4. The van der Waals surface area contributed by atoms with Crippen molar-refractivity contribution < 1.29 is 4.52 Å². The van der Waals surface area contributed by atoms with Crippen molar-refractivity contribution in [2.75, 3.05) is 4.90 Å². The van der Waals surface area contributed by atoms with Gasteiger partial charge in [-0.25, -0.2) is 0 Å². The summed E-state index contributed by atoms with van der Waals surface area (Å²) in [4.78, 5) is 20.2. The Kier molecular flexibility index (Phi) is 6.01. The maximum Gasteiger partial charge on any atom is 0.258 e. The van der Waals surface area contributed by atoms with Gasteiger partial charge in [0.25, 0.3) is 5.89 Å². The highest BCUT2D eigenvalue weighted by Crippen LogP contribution is 2.48. The molecule has 47 heavy (non-hydrogen) atoms. The molecule has 0 saturated carbocycles. The lowest BCUT2D eigenvalue weighted by Gasteiger charge is -2.34. The molecule has 0 spiro atoms. The predicted octanol–water partition coefficient (Wildman–Crippen LogP) is 9.71. The van der Waals surface area contributed by atoms with Gasteiger partial charge in [-0.05, 0) is 90.5 Å². The molecular formula is C41H26N4O2. The van der Waals surface area contributed by atoms with E-state index in [0.29, 0.717) is 22.5 Å². The summed E-state index contributed by atoms with van der Waals surface area (Å²) in [6, 6.07) is 48.3. The van der Waals surface area contributed by atoms with Crippen LogP contribution >= 0.6 is 0 Å². The van der Waals surface area contributed by atoms with Gasteiger partial charge in [0.05, 0.1) is 22.4 Å². The Morgan fingerprint density at radius 2 is 1.06 bits per heavy atom. The minimum Gasteiger partial charge on any atom is -0.334 e. The second-order valence-electron chi connectivity index (χ2n) is 11.6. The van der Waals surface area contributed by atoms with Crippen LogP contribution in [0.2, 0.25) is 0 Å². The summed E-state index contributed by atoms with van der Waals surface area (Å²) in [5.41, 5.74) is 10.8. The van der Waals surface area contributed by atoms with E-state index in [2.05, 4.69) is 69.7 Å². The predicted molar refractivity (Wildman–Crippen MR) is 189 cm³/mol. The number of nitrogens with zero attached hydrogens (tertiary/aromatic N) is 4. The highest BCUT2D eigenvalue weighted by atomic mass is 16.5. The van der Waals surface area contributed by atoms with Gasteiger partial charge >= 0.3 is 0 Å². The topological polar surface area (TPSA) is 64.2 Å². The lowest BCUT2D eigenvalue weighted by molar-refractivity contribution is 0.432. The molecule has 0 radical (unpaired) electrons. The normalized spacial score (nSPS) is 12.3. The van der Waals surface area contributed by atoms with E-state index in [-0.39, 0.29) is 5.43 Å². The molecule has 1 aliphatic rings. The van der Waals surface area contributed by atoms with E-state index < -0.39 is 0 Å². The van der Waals surface area contributed by atoms with Crippen molar-refractivity contribution in [3.05, 3.63) is 174 Å². The molecule has 0 aliphatic carbocycles. The summed E-state index contributed by atoms with van der Waals surface area (Å²) in [7, 11) is 0. The van der Waals surface area contributed by atoms with Gasteiger partial charge in [0.2, 0.25) is 5.82 Å². The van der Waals surface area contributed by atoms with Crippen LogP contribution in [0.25, 0.3) is 55.9 Å². The number of hydrogen-bond acceptors (Lipinski definition) is 5. The zero-order chi connectivity index (χ0) is 31.5. The first kappa shape index (κ1) is 26.8. The zero-order valence-electron chi connectivity index (χ0n) is 25.2. The minimum atomic E-state index is 0.0351. The molecule has 0 atom stereocenters. The number of rotatable bonds is 4. The lowest BCUT2D eigenvalue weighted by atomic mass is 9.91. The fourth-order valence-corrected chi connectivity index (χ4v) is 6.65.